The molecule has 0 spiro atoms. The van der Waals surface area contributed by atoms with Crippen LogP contribution in [0.4, 0.5) is 0 Å². The molecule has 1 aliphatic rings. The molecule has 0 aromatic heterocycles. The Hall–Kier alpha value is -4.84. The van der Waals surface area contributed by atoms with Crippen molar-refractivity contribution in [2.75, 3.05) is 6.79 Å². The summed E-state index contributed by atoms with van der Waals surface area (Å²) in [4.78, 5) is 25.6. The Labute approximate surface area is 214 Å². The average Bonchev–Trinajstić information content (AvgIpc) is 3.39. The van der Waals surface area contributed by atoms with Crippen molar-refractivity contribution in [2.45, 2.75) is 26.5 Å². The molecule has 0 radical (unpaired) electrons. The molecule has 188 valence electrons. The van der Waals surface area contributed by atoms with Crippen molar-refractivity contribution in [3.05, 3.63) is 89.0 Å². The largest absolute Gasteiger partial charge is 0.488 e. The smallest absolute Gasteiger partial charge is 0.262 e. The summed E-state index contributed by atoms with van der Waals surface area (Å²) >= 11 is 0. The van der Waals surface area contributed by atoms with E-state index in [0.717, 1.165) is 5.56 Å². The minimum atomic E-state index is -0.816. The normalized spacial score (nSPS) is 12.7. The first-order valence-electron chi connectivity index (χ1n) is 11.7. The molecule has 9 nitrogen and oxygen atoms in total. The average molecular weight is 499 g/mol. The van der Waals surface area contributed by atoms with Crippen molar-refractivity contribution in [1.82, 2.24) is 10.7 Å². The zero-order valence-corrected chi connectivity index (χ0v) is 20.4. The maximum atomic E-state index is 12.8. The maximum absolute atomic E-state index is 12.8. The summed E-state index contributed by atoms with van der Waals surface area (Å²) in [5.41, 5.74) is 4.81. The van der Waals surface area contributed by atoms with Crippen molar-refractivity contribution in [2.24, 2.45) is 11.0 Å². The lowest BCUT2D eigenvalue weighted by molar-refractivity contribution is -0.123. The standard InChI is InChI=1S/C28H26N4O5/c1-18(2)26(31-27(33)19-11-12-24-25(13-19)37-17-36-24)28(34)32-30-15-21-8-5-6-10-23(21)35-16-22-9-4-3-7-20(22)14-29/h3-13,15,18,26H,16-17H2,1-2H3,(H,31,33)(H,32,34)/b30-15-/t26-/m0/s1. The van der Waals surface area contributed by atoms with Gasteiger partial charge >= 0.3 is 0 Å². The first kappa shape index (κ1) is 25.3. The maximum Gasteiger partial charge on any atom is 0.262 e. The monoisotopic (exact) mass is 498 g/mol. The third-order valence-corrected chi connectivity index (χ3v) is 5.69. The minimum absolute atomic E-state index is 0.108. The predicted octanol–water partition coefficient (Wildman–Crippen LogP) is 3.77. The summed E-state index contributed by atoms with van der Waals surface area (Å²) in [5, 5.41) is 16.1. The highest BCUT2D eigenvalue weighted by atomic mass is 16.7. The number of rotatable bonds is 9. The van der Waals surface area contributed by atoms with Gasteiger partial charge in [-0.25, -0.2) is 5.43 Å². The molecule has 0 bridgehead atoms. The fourth-order valence-electron chi connectivity index (χ4n) is 3.66. The van der Waals surface area contributed by atoms with Crippen molar-refractivity contribution < 1.29 is 23.8 Å². The zero-order chi connectivity index (χ0) is 26.2. The van der Waals surface area contributed by atoms with Crippen LogP contribution in [-0.2, 0) is 11.4 Å². The molecule has 1 heterocycles. The molecular formula is C28H26N4O5. The lowest BCUT2D eigenvalue weighted by Gasteiger charge is -2.20. The molecule has 3 aromatic carbocycles. The highest BCUT2D eigenvalue weighted by Gasteiger charge is 2.25. The van der Waals surface area contributed by atoms with Crippen molar-refractivity contribution in [3.63, 3.8) is 0 Å². The minimum Gasteiger partial charge on any atom is -0.488 e. The summed E-state index contributed by atoms with van der Waals surface area (Å²) in [5.74, 6) is 0.547. The third kappa shape index (κ3) is 6.24. The third-order valence-electron chi connectivity index (χ3n) is 5.69. The second-order valence-corrected chi connectivity index (χ2v) is 8.59. The van der Waals surface area contributed by atoms with Crippen molar-refractivity contribution in [3.8, 4) is 23.3 Å². The Balaban J connectivity index is 1.38. The fourth-order valence-corrected chi connectivity index (χ4v) is 3.66. The molecule has 0 saturated heterocycles. The van der Waals surface area contributed by atoms with E-state index in [2.05, 4.69) is 21.9 Å². The number of nitrogens with one attached hydrogen (secondary N) is 2. The van der Waals surface area contributed by atoms with Crippen molar-refractivity contribution >= 4 is 18.0 Å². The van der Waals surface area contributed by atoms with Gasteiger partial charge in [0.05, 0.1) is 17.8 Å². The Morgan fingerprint density at radius 1 is 1.08 bits per heavy atom. The molecule has 1 aliphatic heterocycles. The molecule has 37 heavy (non-hydrogen) atoms. The van der Waals surface area contributed by atoms with E-state index >= 15 is 0 Å². The molecule has 4 rings (SSSR count). The van der Waals surface area contributed by atoms with Gasteiger partial charge in [0.25, 0.3) is 11.8 Å². The van der Waals surface area contributed by atoms with Gasteiger partial charge in [0.1, 0.15) is 18.4 Å². The number of nitriles is 1. The van der Waals surface area contributed by atoms with Gasteiger partial charge in [-0.1, -0.05) is 44.2 Å². The highest BCUT2D eigenvalue weighted by Crippen LogP contribution is 2.32. The number of nitrogens with zero attached hydrogens (tertiary/aromatic N) is 2. The van der Waals surface area contributed by atoms with Gasteiger partial charge < -0.3 is 19.5 Å². The molecular weight excluding hydrogens is 472 g/mol. The number of hydrogen-bond donors (Lipinski definition) is 2. The van der Waals surface area contributed by atoms with E-state index in [4.69, 9.17) is 14.2 Å². The molecule has 3 aromatic rings. The lowest BCUT2D eigenvalue weighted by atomic mass is 10.0. The van der Waals surface area contributed by atoms with Crippen LogP contribution in [0.3, 0.4) is 0 Å². The Morgan fingerprint density at radius 2 is 1.84 bits per heavy atom. The first-order valence-corrected chi connectivity index (χ1v) is 11.7. The number of amides is 2. The van der Waals surface area contributed by atoms with E-state index in [1.165, 1.54) is 6.21 Å². The van der Waals surface area contributed by atoms with Crippen LogP contribution in [0, 0.1) is 17.2 Å². The van der Waals surface area contributed by atoms with Crippen molar-refractivity contribution in [1.29, 1.82) is 5.26 Å². The van der Waals surface area contributed by atoms with Gasteiger partial charge in [-0.2, -0.15) is 10.4 Å². The number of hydrazone groups is 1. The van der Waals surface area contributed by atoms with Crippen LogP contribution in [0.1, 0.15) is 40.9 Å². The van der Waals surface area contributed by atoms with E-state index in [1.54, 1.807) is 42.5 Å². The molecule has 0 fully saturated rings. The number of carbonyl (C=O) groups excluding carboxylic acids is 2. The molecule has 9 heteroatoms. The van der Waals surface area contributed by atoms with Crippen LogP contribution in [0.25, 0.3) is 0 Å². The second-order valence-electron chi connectivity index (χ2n) is 8.59. The van der Waals surface area contributed by atoms with Gasteiger partial charge in [0.15, 0.2) is 11.5 Å². The SMILES string of the molecule is CC(C)[C@H](NC(=O)c1ccc2c(c1)OCO2)C(=O)N/N=C\c1ccccc1OCc1ccccc1C#N. The summed E-state index contributed by atoms with van der Waals surface area (Å²) in [6.07, 6.45) is 1.47. The Bertz CT molecular complexity index is 1360. The van der Waals surface area contributed by atoms with E-state index in [0.29, 0.717) is 33.9 Å². The summed E-state index contributed by atoms with van der Waals surface area (Å²) in [6, 6.07) is 20.6. The number of hydrogen-bond acceptors (Lipinski definition) is 7. The molecule has 2 amide bonds. The van der Waals surface area contributed by atoms with Crippen LogP contribution >= 0.6 is 0 Å². The van der Waals surface area contributed by atoms with E-state index in [1.807, 2.05) is 38.1 Å². The summed E-state index contributed by atoms with van der Waals surface area (Å²) in [6.45, 7) is 3.98. The van der Waals surface area contributed by atoms with Crippen LogP contribution in [0.2, 0.25) is 0 Å². The number of benzene rings is 3. The lowest BCUT2D eigenvalue weighted by Crippen LogP contribution is -2.48. The van der Waals surface area contributed by atoms with E-state index < -0.39 is 17.9 Å². The van der Waals surface area contributed by atoms with Gasteiger partial charge in [-0.05, 0) is 42.3 Å². The number of para-hydroxylation sites is 1. The Kier molecular flexibility index (Phi) is 8.01. The number of ether oxygens (including phenoxy) is 3. The zero-order valence-electron chi connectivity index (χ0n) is 20.4. The summed E-state index contributed by atoms with van der Waals surface area (Å²) < 4.78 is 16.5. The topological polar surface area (TPSA) is 122 Å². The molecule has 0 unspecified atom stereocenters. The number of fused-ring (bicyclic) bond motifs is 1. The fraction of sp³-hybridized carbons (Fsp3) is 0.214. The van der Waals surface area contributed by atoms with Gasteiger partial charge in [-0.3, -0.25) is 9.59 Å². The molecule has 0 aliphatic carbocycles. The van der Waals surface area contributed by atoms with Gasteiger partial charge in [0.2, 0.25) is 6.79 Å². The Morgan fingerprint density at radius 3 is 2.65 bits per heavy atom. The molecule has 2 N–H and O–H groups in total. The second kappa shape index (κ2) is 11.7. The van der Waals surface area contributed by atoms with Crippen LogP contribution in [0.15, 0.2) is 71.8 Å². The van der Waals surface area contributed by atoms with Crippen LogP contribution < -0.4 is 25.0 Å². The van der Waals surface area contributed by atoms with E-state index in [-0.39, 0.29) is 19.3 Å². The van der Waals surface area contributed by atoms with Crippen LogP contribution in [0.5, 0.6) is 17.2 Å². The quantitative estimate of drug-likeness (QED) is 0.342. The molecule has 0 saturated carbocycles. The van der Waals surface area contributed by atoms with Crippen LogP contribution in [-0.4, -0.2) is 30.9 Å². The number of carbonyl (C=O) groups is 2. The van der Waals surface area contributed by atoms with Gasteiger partial charge in [0, 0.05) is 16.7 Å². The molecule has 1 atom stereocenters. The van der Waals surface area contributed by atoms with Gasteiger partial charge in [-0.15, -0.1) is 0 Å². The summed E-state index contributed by atoms with van der Waals surface area (Å²) in [7, 11) is 0. The van der Waals surface area contributed by atoms with E-state index in [9.17, 15) is 14.9 Å². The first-order chi connectivity index (χ1) is 18.0. The highest BCUT2D eigenvalue weighted by molar-refractivity contribution is 5.98. The predicted molar refractivity (Wildman–Crippen MR) is 136 cm³/mol.